The van der Waals surface area contributed by atoms with Gasteiger partial charge in [-0.1, -0.05) is 12.2 Å². The molecule has 2 heterocycles. The Morgan fingerprint density at radius 2 is 2.22 bits per heavy atom. The molecule has 0 bridgehead atoms. The minimum absolute atomic E-state index is 0.459. The summed E-state index contributed by atoms with van der Waals surface area (Å²) in [7, 11) is -1.45. The van der Waals surface area contributed by atoms with E-state index in [4.69, 9.17) is 0 Å². The highest BCUT2D eigenvalue weighted by Crippen LogP contribution is 2.29. The second kappa shape index (κ2) is 5.52. The first-order valence-electron chi connectivity index (χ1n) is 5.95. The van der Waals surface area contributed by atoms with Crippen LogP contribution >= 0.6 is 11.3 Å². The summed E-state index contributed by atoms with van der Waals surface area (Å²) in [5.41, 5.74) is 1.04. The molecule has 0 aliphatic carbocycles. The van der Waals surface area contributed by atoms with Gasteiger partial charge in [0.05, 0.1) is 0 Å². The third-order valence-corrected chi connectivity index (χ3v) is 6.50. The Labute approximate surface area is 112 Å². The van der Waals surface area contributed by atoms with E-state index in [9.17, 15) is 8.42 Å². The van der Waals surface area contributed by atoms with Crippen LogP contribution in [-0.4, -0.2) is 32.9 Å². The van der Waals surface area contributed by atoms with E-state index < -0.39 is 10.0 Å². The lowest BCUT2D eigenvalue weighted by molar-refractivity contribution is 0.439. The molecule has 0 saturated heterocycles. The SMILES string of the molecule is CNCc1sc(S(=O)(=O)N2CC=CCC2)cc1C. The van der Waals surface area contributed by atoms with Gasteiger partial charge in [-0.05, 0) is 32.0 Å². The van der Waals surface area contributed by atoms with Crippen LogP contribution in [0.25, 0.3) is 0 Å². The Balaban J connectivity index is 2.29. The number of sulfonamides is 1. The molecule has 1 aliphatic rings. The van der Waals surface area contributed by atoms with Crippen molar-refractivity contribution in [3.63, 3.8) is 0 Å². The highest BCUT2D eigenvalue weighted by Gasteiger charge is 2.26. The van der Waals surface area contributed by atoms with E-state index in [0.29, 0.717) is 23.8 Å². The molecular formula is C12H18N2O2S2. The van der Waals surface area contributed by atoms with Gasteiger partial charge in [-0.15, -0.1) is 11.3 Å². The number of hydrogen-bond donors (Lipinski definition) is 1. The van der Waals surface area contributed by atoms with Gasteiger partial charge in [0, 0.05) is 24.5 Å². The molecule has 1 aliphatic heterocycles. The van der Waals surface area contributed by atoms with Crippen molar-refractivity contribution in [2.45, 2.75) is 24.1 Å². The first-order chi connectivity index (χ1) is 8.55. The molecular weight excluding hydrogens is 268 g/mol. The van der Waals surface area contributed by atoms with Gasteiger partial charge in [0.15, 0.2) is 0 Å². The molecule has 0 radical (unpaired) electrons. The van der Waals surface area contributed by atoms with E-state index >= 15 is 0 Å². The van der Waals surface area contributed by atoms with E-state index in [1.807, 2.05) is 26.1 Å². The van der Waals surface area contributed by atoms with E-state index in [2.05, 4.69) is 5.32 Å². The predicted molar refractivity (Wildman–Crippen MR) is 74.3 cm³/mol. The summed E-state index contributed by atoms with van der Waals surface area (Å²) >= 11 is 1.37. The smallest absolute Gasteiger partial charge is 0.252 e. The van der Waals surface area contributed by atoms with Crippen molar-refractivity contribution < 1.29 is 8.42 Å². The molecule has 1 N–H and O–H groups in total. The maximum absolute atomic E-state index is 12.4. The standard InChI is InChI=1S/C12H18N2O2S2/c1-10-8-12(17-11(10)9-13-2)18(15,16)14-6-4-3-5-7-14/h3-4,8,13H,5-7,9H2,1-2H3. The fourth-order valence-corrected chi connectivity index (χ4v) is 5.08. The Kier molecular flexibility index (Phi) is 4.21. The lowest BCUT2D eigenvalue weighted by Crippen LogP contribution is -2.33. The van der Waals surface area contributed by atoms with Gasteiger partial charge in [-0.3, -0.25) is 0 Å². The summed E-state index contributed by atoms with van der Waals surface area (Å²) in [5, 5.41) is 3.06. The summed E-state index contributed by atoms with van der Waals surface area (Å²) < 4.78 is 26.9. The monoisotopic (exact) mass is 286 g/mol. The van der Waals surface area contributed by atoms with Crippen LogP contribution in [0.4, 0.5) is 0 Å². The van der Waals surface area contributed by atoms with Crippen molar-refractivity contribution >= 4 is 21.4 Å². The van der Waals surface area contributed by atoms with Crippen LogP contribution in [0.15, 0.2) is 22.4 Å². The zero-order chi connectivity index (χ0) is 13.2. The van der Waals surface area contributed by atoms with Gasteiger partial charge < -0.3 is 5.32 Å². The summed E-state index contributed by atoms with van der Waals surface area (Å²) in [5.74, 6) is 0. The van der Waals surface area contributed by atoms with Crippen LogP contribution in [0.1, 0.15) is 16.9 Å². The van der Waals surface area contributed by atoms with Crippen molar-refractivity contribution in [2.24, 2.45) is 0 Å². The van der Waals surface area contributed by atoms with E-state index in [0.717, 1.165) is 16.9 Å². The number of hydrogen-bond acceptors (Lipinski definition) is 4. The normalized spacial score (nSPS) is 17.2. The fraction of sp³-hybridized carbons (Fsp3) is 0.500. The molecule has 0 amide bonds. The third-order valence-electron chi connectivity index (χ3n) is 2.95. The van der Waals surface area contributed by atoms with Crippen LogP contribution in [-0.2, 0) is 16.6 Å². The molecule has 1 aromatic heterocycles. The zero-order valence-corrected chi connectivity index (χ0v) is 12.3. The molecule has 0 spiro atoms. The summed E-state index contributed by atoms with van der Waals surface area (Å²) in [4.78, 5) is 1.09. The van der Waals surface area contributed by atoms with Crippen molar-refractivity contribution in [1.82, 2.24) is 9.62 Å². The van der Waals surface area contributed by atoms with Gasteiger partial charge in [0.25, 0.3) is 10.0 Å². The molecule has 0 atom stereocenters. The molecule has 1 aromatic rings. The quantitative estimate of drug-likeness (QED) is 0.858. The van der Waals surface area contributed by atoms with Gasteiger partial charge in [0.1, 0.15) is 4.21 Å². The van der Waals surface area contributed by atoms with Crippen LogP contribution in [0.5, 0.6) is 0 Å². The van der Waals surface area contributed by atoms with Gasteiger partial charge in [-0.2, -0.15) is 4.31 Å². The second-order valence-corrected chi connectivity index (χ2v) is 7.63. The lowest BCUT2D eigenvalue weighted by atomic mass is 10.3. The Hall–Kier alpha value is -0.690. The molecule has 0 aromatic carbocycles. The largest absolute Gasteiger partial charge is 0.315 e. The van der Waals surface area contributed by atoms with Crippen LogP contribution in [0, 0.1) is 6.92 Å². The number of thiophene rings is 1. The average Bonchev–Trinajstić information content (AvgIpc) is 2.73. The summed E-state index contributed by atoms with van der Waals surface area (Å²) in [6.45, 7) is 3.74. The lowest BCUT2D eigenvalue weighted by Gasteiger charge is -2.21. The van der Waals surface area contributed by atoms with Crippen molar-refractivity contribution in [2.75, 3.05) is 20.1 Å². The Bertz CT molecular complexity index is 546. The van der Waals surface area contributed by atoms with Crippen LogP contribution < -0.4 is 5.32 Å². The zero-order valence-electron chi connectivity index (χ0n) is 10.6. The molecule has 6 heteroatoms. The predicted octanol–water partition coefficient (Wildman–Crippen LogP) is 1.73. The third kappa shape index (κ3) is 2.66. The maximum atomic E-state index is 12.4. The van der Waals surface area contributed by atoms with E-state index in [-0.39, 0.29) is 0 Å². The number of rotatable bonds is 4. The fourth-order valence-electron chi connectivity index (χ4n) is 1.92. The molecule has 2 rings (SSSR count). The van der Waals surface area contributed by atoms with Gasteiger partial charge in [0.2, 0.25) is 0 Å². The first-order valence-corrected chi connectivity index (χ1v) is 8.20. The van der Waals surface area contributed by atoms with E-state index in [1.165, 1.54) is 11.3 Å². The van der Waals surface area contributed by atoms with Crippen molar-refractivity contribution in [1.29, 1.82) is 0 Å². The topological polar surface area (TPSA) is 49.4 Å². The average molecular weight is 286 g/mol. The van der Waals surface area contributed by atoms with Crippen LogP contribution in [0.2, 0.25) is 0 Å². The number of nitrogens with one attached hydrogen (secondary N) is 1. The van der Waals surface area contributed by atoms with Gasteiger partial charge in [-0.25, -0.2) is 8.42 Å². The summed E-state index contributed by atoms with van der Waals surface area (Å²) in [6.07, 6.45) is 4.74. The minimum Gasteiger partial charge on any atom is -0.315 e. The highest BCUT2D eigenvalue weighted by atomic mass is 32.2. The molecule has 0 fully saturated rings. The van der Waals surface area contributed by atoms with Crippen LogP contribution in [0.3, 0.4) is 0 Å². The Morgan fingerprint density at radius 1 is 1.44 bits per heavy atom. The molecule has 0 saturated carbocycles. The highest BCUT2D eigenvalue weighted by molar-refractivity contribution is 7.91. The van der Waals surface area contributed by atoms with E-state index in [1.54, 1.807) is 10.4 Å². The second-order valence-electron chi connectivity index (χ2n) is 4.33. The molecule has 18 heavy (non-hydrogen) atoms. The number of aryl methyl sites for hydroxylation is 1. The summed E-state index contributed by atoms with van der Waals surface area (Å²) in [6, 6.07) is 1.78. The van der Waals surface area contributed by atoms with Crippen molar-refractivity contribution in [3.8, 4) is 0 Å². The molecule has 0 unspecified atom stereocenters. The first kappa shape index (κ1) is 13.7. The number of nitrogens with zero attached hydrogens (tertiary/aromatic N) is 1. The molecule has 4 nitrogen and oxygen atoms in total. The Morgan fingerprint density at radius 3 is 2.83 bits per heavy atom. The maximum Gasteiger partial charge on any atom is 0.252 e. The molecule has 100 valence electrons. The van der Waals surface area contributed by atoms with Crippen molar-refractivity contribution in [3.05, 3.63) is 28.7 Å². The minimum atomic E-state index is -3.31. The van der Waals surface area contributed by atoms with Gasteiger partial charge >= 0.3 is 0 Å².